The molecule has 5 aromatic rings. The fraction of sp³-hybridized carbons (Fsp3) is 0.222. The number of amides is 1. The molecular formula is C27H24Cl2F3N9O2. The smallest absolute Gasteiger partial charge is 0.406 e. The van der Waals surface area contributed by atoms with Gasteiger partial charge in [0.1, 0.15) is 5.75 Å². The summed E-state index contributed by atoms with van der Waals surface area (Å²) >= 11 is 12.9. The number of imidazole rings is 1. The fourth-order valence-electron chi connectivity index (χ4n) is 4.29. The Kier molecular flexibility index (Phi) is 8.71. The van der Waals surface area contributed by atoms with Gasteiger partial charge in [-0.15, -0.1) is 13.2 Å². The number of tetrazole rings is 1. The number of carbonyl (C=O) groups is 1. The first kappa shape index (κ1) is 30.1. The van der Waals surface area contributed by atoms with E-state index < -0.39 is 12.3 Å². The molecule has 0 saturated heterocycles. The van der Waals surface area contributed by atoms with E-state index in [0.29, 0.717) is 46.5 Å². The van der Waals surface area contributed by atoms with Crippen LogP contribution in [0.1, 0.15) is 15.9 Å². The van der Waals surface area contributed by atoms with Gasteiger partial charge in [0.2, 0.25) is 11.6 Å². The number of carbonyl (C=O) groups excluding carboxylic acids is 1. The Bertz CT molecular complexity index is 1800. The molecule has 0 bridgehead atoms. The summed E-state index contributed by atoms with van der Waals surface area (Å²) in [6.07, 6.45) is -4.80. The lowest BCUT2D eigenvalue weighted by atomic mass is 10.1. The number of nitrogens with one attached hydrogen (secondary N) is 2. The molecule has 43 heavy (non-hydrogen) atoms. The van der Waals surface area contributed by atoms with Crippen LogP contribution in [0.5, 0.6) is 5.75 Å². The van der Waals surface area contributed by atoms with Crippen molar-refractivity contribution in [3.05, 3.63) is 87.5 Å². The number of anilines is 1. The first-order valence-corrected chi connectivity index (χ1v) is 13.5. The van der Waals surface area contributed by atoms with Crippen LogP contribution in [0.15, 0.2) is 65.7 Å². The number of aromatic nitrogens is 6. The fourth-order valence-corrected chi connectivity index (χ4v) is 4.61. The van der Waals surface area contributed by atoms with Gasteiger partial charge >= 0.3 is 6.36 Å². The largest absolute Gasteiger partial charge is 0.573 e. The molecule has 3 aromatic carbocycles. The number of aromatic amines is 1. The number of hydrogen-bond acceptors (Lipinski definition) is 7. The van der Waals surface area contributed by atoms with Crippen LogP contribution in [0.3, 0.4) is 0 Å². The average molecular weight is 634 g/mol. The minimum absolute atomic E-state index is 0.120. The van der Waals surface area contributed by atoms with E-state index in [1.54, 1.807) is 36.4 Å². The Balaban J connectivity index is 1.58. The summed E-state index contributed by atoms with van der Waals surface area (Å²) in [7, 11) is 3.88. The second-order valence-electron chi connectivity index (χ2n) is 9.65. The Morgan fingerprint density at radius 1 is 1.02 bits per heavy atom. The molecule has 5 rings (SSSR count). The molecule has 11 nitrogen and oxygen atoms in total. The van der Waals surface area contributed by atoms with Gasteiger partial charge in [0.15, 0.2) is 0 Å². The molecule has 0 atom stereocenters. The van der Waals surface area contributed by atoms with Crippen molar-refractivity contribution in [2.45, 2.75) is 19.5 Å². The van der Waals surface area contributed by atoms with Crippen molar-refractivity contribution in [3.63, 3.8) is 0 Å². The Hall–Kier alpha value is -4.40. The molecule has 0 aliphatic rings. The van der Waals surface area contributed by atoms with E-state index in [9.17, 15) is 18.0 Å². The van der Waals surface area contributed by atoms with Crippen LogP contribution >= 0.6 is 23.2 Å². The number of likely N-dealkylation sites (N-methyl/N-ethyl adjacent to an activating group) is 1. The summed E-state index contributed by atoms with van der Waals surface area (Å²) in [4.78, 5) is 19.4. The van der Waals surface area contributed by atoms with Gasteiger partial charge in [-0.05, 0) is 78.6 Å². The third-order valence-corrected chi connectivity index (χ3v) is 7.01. The second-order valence-corrected chi connectivity index (χ2v) is 10.5. The molecule has 0 radical (unpaired) electrons. The van der Waals surface area contributed by atoms with Crippen molar-refractivity contribution < 1.29 is 22.7 Å². The van der Waals surface area contributed by atoms with E-state index in [2.05, 4.69) is 30.7 Å². The van der Waals surface area contributed by atoms with Crippen molar-refractivity contribution in [1.82, 2.24) is 34.7 Å². The minimum atomic E-state index is -4.80. The van der Waals surface area contributed by atoms with Gasteiger partial charge in [0.05, 0.1) is 33.3 Å². The number of halogens is 5. The summed E-state index contributed by atoms with van der Waals surface area (Å²) in [5, 5.41) is 16.2. The van der Waals surface area contributed by atoms with E-state index in [1.807, 2.05) is 28.1 Å². The number of ether oxygens (including phenoxy) is 1. The Morgan fingerprint density at radius 3 is 2.26 bits per heavy atom. The maximum atomic E-state index is 12.7. The average Bonchev–Trinajstić information content (AvgIpc) is 3.55. The number of rotatable bonds is 9. The SMILES string of the molecule is CN(C)CCn1c(=Nc2ccc(OC(F)(F)F)cc2)n(Cc2ccc(C(=O)Nc3nnn[nH]3)cc2)c2cc(Cl)c(Cl)cc21. The molecule has 16 heteroatoms. The molecule has 0 saturated carbocycles. The normalized spacial score (nSPS) is 12.3. The first-order chi connectivity index (χ1) is 20.5. The second kappa shape index (κ2) is 12.5. The van der Waals surface area contributed by atoms with Gasteiger partial charge < -0.3 is 18.8 Å². The van der Waals surface area contributed by atoms with Crippen LogP contribution < -0.4 is 15.7 Å². The maximum Gasteiger partial charge on any atom is 0.573 e. The van der Waals surface area contributed by atoms with Crippen molar-refractivity contribution in [2.75, 3.05) is 26.0 Å². The lowest BCUT2D eigenvalue weighted by Crippen LogP contribution is -2.30. The molecule has 224 valence electrons. The number of nitrogens with zero attached hydrogens (tertiary/aromatic N) is 7. The molecule has 0 unspecified atom stereocenters. The van der Waals surface area contributed by atoms with Crippen LogP contribution in [-0.4, -0.2) is 67.6 Å². The quantitative estimate of drug-likeness (QED) is 0.229. The number of hydrogen-bond donors (Lipinski definition) is 2. The minimum Gasteiger partial charge on any atom is -0.406 e. The Labute approximate surface area is 252 Å². The molecule has 2 N–H and O–H groups in total. The van der Waals surface area contributed by atoms with Crippen molar-refractivity contribution in [3.8, 4) is 5.75 Å². The lowest BCUT2D eigenvalue weighted by molar-refractivity contribution is -0.274. The number of fused-ring (bicyclic) bond motifs is 1. The summed E-state index contributed by atoms with van der Waals surface area (Å²) in [5.74, 6) is -0.627. The standard InChI is InChI=1S/C27H24Cl2F3N9O2/c1-39(2)11-12-40-22-13-20(28)21(29)14-23(22)41(26(40)33-18-7-9-19(10-8-18)43-27(30,31)32)15-16-3-5-17(6-4-16)24(42)34-25-35-37-38-36-25/h3-10,13-14H,11-12,15H2,1-2H3,(H2,34,35,36,37,38,42). The number of H-pyrrole nitrogens is 1. The van der Waals surface area contributed by atoms with E-state index in [4.69, 9.17) is 28.2 Å². The molecule has 0 fully saturated rings. The van der Waals surface area contributed by atoms with E-state index in [0.717, 1.165) is 16.6 Å². The summed E-state index contributed by atoms with van der Waals surface area (Å²) in [6.45, 7) is 1.51. The number of benzene rings is 3. The molecular weight excluding hydrogens is 610 g/mol. The van der Waals surface area contributed by atoms with Crippen LogP contribution in [-0.2, 0) is 13.1 Å². The number of alkyl halides is 3. The molecule has 0 aliphatic heterocycles. The summed E-state index contributed by atoms with van der Waals surface area (Å²) in [5.41, 5.74) is 3.65. The Morgan fingerprint density at radius 2 is 1.67 bits per heavy atom. The molecule has 0 spiro atoms. The van der Waals surface area contributed by atoms with E-state index in [1.165, 1.54) is 24.3 Å². The van der Waals surface area contributed by atoms with Gasteiger partial charge in [-0.1, -0.05) is 40.4 Å². The molecule has 0 aliphatic carbocycles. The van der Waals surface area contributed by atoms with E-state index >= 15 is 0 Å². The topological polar surface area (TPSA) is 118 Å². The highest BCUT2D eigenvalue weighted by atomic mass is 35.5. The zero-order chi connectivity index (χ0) is 30.7. The van der Waals surface area contributed by atoms with Crippen molar-refractivity contribution >= 4 is 51.8 Å². The van der Waals surface area contributed by atoms with Gasteiger partial charge in [-0.3, -0.25) is 10.1 Å². The van der Waals surface area contributed by atoms with Gasteiger partial charge in [0.25, 0.3) is 5.91 Å². The first-order valence-electron chi connectivity index (χ1n) is 12.7. The summed E-state index contributed by atoms with van der Waals surface area (Å²) in [6, 6.07) is 15.7. The van der Waals surface area contributed by atoms with Crippen molar-refractivity contribution in [1.29, 1.82) is 0 Å². The zero-order valence-corrected chi connectivity index (χ0v) is 24.2. The highest BCUT2D eigenvalue weighted by Crippen LogP contribution is 2.29. The van der Waals surface area contributed by atoms with Crippen LogP contribution in [0, 0.1) is 0 Å². The summed E-state index contributed by atoms with van der Waals surface area (Å²) < 4.78 is 45.9. The van der Waals surface area contributed by atoms with Crippen LogP contribution in [0.4, 0.5) is 24.8 Å². The van der Waals surface area contributed by atoms with Gasteiger partial charge in [0, 0.05) is 18.7 Å². The molecule has 2 heterocycles. The lowest BCUT2D eigenvalue weighted by Gasteiger charge is -2.12. The van der Waals surface area contributed by atoms with Crippen LogP contribution in [0.25, 0.3) is 11.0 Å². The third kappa shape index (κ3) is 7.34. The predicted molar refractivity (Wildman–Crippen MR) is 155 cm³/mol. The van der Waals surface area contributed by atoms with Gasteiger partial charge in [-0.25, -0.2) is 10.1 Å². The van der Waals surface area contributed by atoms with Crippen LogP contribution in [0.2, 0.25) is 10.0 Å². The predicted octanol–water partition coefficient (Wildman–Crippen LogP) is 5.26. The highest BCUT2D eigenvalue weighted by Gasteiger charge is 2.31. The van der Waals surface area contributed by atoms with E-state index in [-0.39, 0.29) is 11.7 Å². The maximum absolute atomic E-state index is 12.7. The molecule has 2 aromatic heterocycles. The van der Waals surface area contributed by atoms with Crippen molar-refractivity contribution in [2.24, 2.45) is 4.99 Å². The monoisotopic (exact) mass is 633 g/mol. The molecule has 1 amide bonds. The zero-order valence-electron chi connectivity index (χ0n) is 22.7. The highest BCUT2D eigenvalue weighted by molar-refractivity contribution is 6.42. The third-order valence-electron chi connectivity index (χ3n) is 6.29. The van der Waals surface area contributed by atoms with Gasteiger partial charge in [-0.2, -0.15) is 0 Å².